The van der Waals surface area contributed by atoms with Crippen molar-refractivity contribution in [1.82, 2.24) is 4.98 Å². The Hall–Kier alpha value is -2.43. The molecule has 2 aromatic rings. The Kier molecular flexibility index (Phi) is 4.07. The van der Waals surface area contributed by atoms with Crippen LogP contribution < -0.4 is 11.1 Å². The summed E-state index contributed by atoms with van der Waals surface area (Å²) in [5, 5.41) is 2.99. The Morgan fingerprint density at radius 1 is 1.26 bits per heavy atom. The van der Waals surface area contributed by atoms with E-state index in [9.17, 15) is 9.18 Å². The first-order chi connectivity index (χ1) is 9.18. The minimum absolute atomic E-state index is 0.236. The molecule has 0 unspecified atom stereocenters. The van der Waals surface area contributed by atoms with E-state index < -0.39 is 5.91 Å². The number of hydrogen-bond donors (Lipinski definition) is 2. The molecule has 1 amide bonds. The van der Waals surface area contributed by atoms with Gasteiger partial charge in [0.2, 0.25) is 0 Å². The Morgan fingerprint density at radius 2 is 2.05 bits per heavy atom. The number of carbonyl (C=O) groups is 1. The summed E-state index contributed by atoms with van der Waals surface area (Å²) in [7, 11) is 0. The van der Waals surface area contributed by atoms with Gasteiger partial charge in [0, 0.05) is 12.7 Å². The van der Waals surface area contributed by atoms with Gasteiger partial charge in [0.1, 0.15) is 11.6 Å². The molecular weight excluding hydrogens is 245 g/mol. The minimum Gasteiger partial charge on any atom is -0.369 e. The Morgan fingerprint density at radius 3 is 2.79 bits per heavy atom. The highest BCUT2D eigenvalue weighted by Gasteiger charge is 2.08. The molecule has 0 atom stereocenters. The van der Waals surface area contributed by atoms with Crippen LogP contribution in [0.15, 0.2) is 42.6 Å². The second-order valence-corrected chi connectivity index (χ2v) is 4.03. The van der Waals surface area contributed by atoms with E-state index in [0.717, 1.165) is 0 Å². The molecule has 1 aromatic heterocycles. The predicted molar refractivity (Wildman–Crippen MR) is 71.3 cm³/mol. The second kappa shape index (κ2) is 5.95. The molecule has 0 aliphatic heterocycles. The first-order valence-corrected chi connectivity index (χ1v) is 5.90. The van der Waals surface area contributed by atoms with E-state index in [1.165, 1.54) is 6.07 Å². The van der Waals surface area contributed by atoms with Gasteiger partial charge in [0.25, 0.3) is 5.91 Å². The van der Waals surface area contributed by atoms with Crippen molar-refractivity contribution in [2.75, 3.05) is 11.9 Å². The number of primary amides is 1. The first kappa shape index (κ1) is 13.0. The Bertz CT molecular complexity index is 586. The minimum atomic E-state index is -0.540. The number of rotatable bonds is 5. The standard InChI is InChI=1S/C14H14FN3O/c15-12-6-2-1-4-10(12)7-9-18-14-11(13(16)19)5-3-8-17-14/h1-6,8H,7,9H2,(H2,16,19)(H,17,18). The van der Waals surface area contributed by atoms with Gasteiger partial charge in [0.15, 0.2) is 0 Å². The summed E-state index contributed by atoms with van der Waals surface area (Å²) < 4.78 is 13.4. The normalized spacial score (nSPS) is 10.2. The fourth-order valence-electron chi connectivity index (χ4n) is 1.76. The highest BCUT2D eigenvalue weighted by Crippen LogP contribution is 2.11. The number of aromatic nitrogens is 1. The average molecular weight is 259 g/mol. The van der Waals surface area contributed by atoms with Crippen LogP contribution in [0.4, 0.5) is 10.2 Å². The van der Waals surface area contributed by atoms with Crippen LogP contribution in [0.1, 0.15) is 15.9 Å². The number of nitrogens with one attached hydrogen (secondary N) is 1. The molecule has 1 aromatic carbocycles. The van der Waals surface area contributed by atoms with E-state index in [1.807, 2.05) is 0 Å². The van der Waals surface area contributed by atoms with Crippen molar-refractivity contribution in [3.05, 3.63) is 59.5 Å². The van der Waals surface area contributed by atoms with Crippen LogP contribution in [0.2, 0.25) is 0 Å². The fraction of sp³-hybridized carbons (Fsp3) is 0.143. The van der Waals surface area contributed by atoms with E-state index in [-0.39, 0.29) is 5.82 Å². The van der Waals surface area contributed by atoms with Crippen molar-refractivity contribution in [1.29, 1.82) is 0 Å². The van der Waals surface area contributed by atoms with Crippen LogP contribution in [0.25, 0.3) is 0 Å². The van der Waals surface area contributed by atoms with Gasteiger partial charge in [-0.2, -0.15) is 0 Å². The number of pyridine rings is 1. The molecule has 0 radical (unpaired) electrons. The number of nitrogens with zero attached hydrogens (tertiary/aromatic N) is 1. The van der Waals surface area contributed by atoms with Gasteiger partial charge in [0.05, 0.1) is 5.56 Å². The summed E-state index contributed by atoms with van der Waals surface area (Å²) >= 11 is 0. The molecule has 98 valence electrons. The van der Waals surface area contributed by atoms with E-state index in [4.69, 9.17) is 5.73 Å². The summed E-state index contributed by atoms with van der Waals surface area (Å²) in [6.45, 7) is 0.470. The molecule has 0 bridgehead atoms. The van der Waals surface area contributed by atoms with Crippen LogP contribution in [0.5, 0.6) is 0 Å². The third kappa shape index (κ3) is 3.28. The number of benzene rings is 1. The van der Waals surface area contributed by atoms with Gasteiger partial charge in [-0.25, -0.2) is 9.37 Å². The maximum atomic E-state index is 13.4. The first-order valence-electron chi connectivity index (χ1n) is 5.90. The van der Waals surface area contributed by atoms with E-state index >= 15 is 0 Å². The van der Waals surface area contributed by atoms with Crippen molar-refractivity contribution in [2.45, 2.75) is 6.42 Å². The lowest BCUT2D eigenvalue weighted by atomic mass is 10.1. The molecule has 0 spiro atoms. The maximum Gasteiger partial charge on any atom is 0.252 e. The van der Waals surface area contributed by atoms with Crippen molar-refractivity contribution < 1.29 is 9.18 Å². The Balaban J connectivity index is 2.00. The summed E-state index contributed by atoms with van der Waals surface area (Å²) in [4.78, 5) is 15.2. The van der Waals surface area contributed by atoms with E-state index in [0.29, 0.717) is 29.9 Å². The number of hydrogen-bond acceptors (Lipinski definition) is 3. The number of nitrogens with two attached hydrogens (primary N) is 1. The zero-order valence-corrected chi connectivity index (χ0v) is 10.3. The van der Waals surface area contributed by atoms with Gasteiger partial charge < -0.3 is 11.1 Å². The number of anilines is 1. The molecule has 0 saturated carbocycles. The second-order valence-electron chi connectivity index (χ2n) is 4.03. The number of halogens is 1. The molecule has 0 aliphatic carbocycles. The monoisotopic (exact) mass is 259 g/mol. The average Bonchev–Trinajstić information content (AvgIpc) is 2.41. The van der Waals surface area contributed by atoms with Gasteiger partial charge >= 0.3 is 0 Å². The molecule has 0 saturated heterocycles. The summed E-state index contributed by atoms with van der Waals surface area (Å²) in [6, 6.07) is 9.82. The topological polar surface area (TPSA) is 68.0 Å². The van der Waals surface area contributed by atoms with Crippen molar-refractivity contribution in [2.24, 2.45) is 5.73 Å². The molecule has 5 heteroatoms. The lowest BCUT2D eigenvalue weighted by molar-refractivity contribution is 0.100. The van der Waals surface area contributed by atoms with E-state index in [1.54, 1.807) is 36.5 Å². The van der Waals surface area contributed by atoms with Gasteiger partial charge in [-0.05, 0) is 30.2 Å². The van der Waals surface area contributed by atoms with Crippen molar-refractivity contribution in [3.63, 3.8) is 0 Å². The summed E-state index contributed by atoms with van der Waals surface area (Å²) in [6.07, 6.45) is 2.07. The third-order valence-electron chi connectivity index (χ3n) is 2.72. The fourth-order valence-corrected chi connectivity index (χ4v) is 1.76. The SMILES string of the molecule is NC(=O)c1cccnc1NCCc1ccccc1F. The molecule has 4 nitrogen and oxygen atoms in total. The van der Waals surface area contributed by atoms with Crippen molar-refractivity contribution in [3.8, 4) is 0 Å². The zero-order chi connectivity index (χ0) is 13.7. The predicted octanol–water partition coefficient (Wildman–Crippen LogP) is 1.97. The zero-order valence-electron chi connectivity index (χ0n) is 10.3. The van der Waals surface area contributed by atoms with Crippen LogP contribution in [-0.4, -0.2) is 17.4 Å². The molecule has 0 fully saturated rings. The number of amides is 1. The third-order valence-corrected chi connectivity index (χ3v) is 2.72. The largest absolute Gasteiger partial charge is 0.369 e. The molecule has 1 heterocycles. The lowest BCUT2D eigenvalue weighted by Gasteiger charge is -2.09. The van der Waals surface area contributed by atoms with Gasteiger partial charge in [-0.15, -0.1) is 0 Å². The van der Waals surface area contributed by atoms with E-state index in [2.05, 4.69) is 10.3 Å². The number of carbonyl (C=O) groups excluding carboxylic acids is 1. The lowest BCUT2D eigenvalue weighted by Crippen LogP contribution is -2.16. The molecule has 3 N–H and O–H groups in total. The highest BCUT2D eigenvalue weighted by molar-refractivity contribution is 5.97. The van der Waals surface area contributed by atoms with Gasteiger partial charge in [-0.1, -0.05) is 18.2 Å². The Labute approximate surface area is 110 Å². The van der Waals surface area contributed by atoms with Crippen LogP contribution in [-0.2, 0) is 6.42 Å². The molecule has 2 rings (SSSR count). The van der Waals surface area contributed by atoms with Gasteiger partial charge in [-0.3, -0.25) is 4.79 Å². The van der Waals surface area contributed by atoms with Crippen LogP contribution in [0.3, 0.4) is 0 Å². The summed E-state index contributed by atoms with van der Waals surface area (Å²) in [5.41, 5.74) is 6.19. The maximum absolute atomic E-state index is 13.4. The quantitative estimate of drug-likeness (QED) is 0.862. The smallest absolute Gasteiger partial charge is 0.252 e. The highest BCUT2D eigenvalue weighted by atomic mass is 19.1. The molecule has 19 heavy (non-hydrogen) atoms. The molecule has 0 aliphatic rings. The van der Waals surface area contributed by atoms with Crippen LogP contribution >= 0.6 is 0 Å². The summed E-state index contributed by atoms with van der Waals surface area (Å²) in [5.74, 6) is -0.353. The molecular formula is C14H14FN3O. The van der Waals surface area contributed by atoms with Crippen molar-refractivity contribution >= 4 is 11.7 Å². The van der Waals surface area contributed by atoms with Crippen LogP contribution in [0, 0.1) is 5.82 Å².